The number of nitro groups is 1. The minimum atomic E-state index is -0.908. The number of halogens is 2. The molecule has 4 rings (SSSR count). The quantitative estimate of drug-likeness (QED) is 0.451. The molecular formula is C19H11BrFN5O3. The van der Waals surface area contributed by atoms with Crippen molar-refractivity contribution in [1.29, 1.82) is 5.26 Å². The zero-order valence-electron chi connectivity index (χ0n) is 14.5. The van der Waals surface area contributed by atoms with Gasteiger partial charge in [-0.3, -0.25) is 15.2 Å². The molecule has 0 radical (unpaired) electrons. The smallest absolute Gasteiger partial charge is 0.270 e. The summed E-state index contributed by atoms with van der Waals surface area (Å²) in [6.07, 6.45) is 0. The van der Waals surface area contributed by atoms with E-state index in [-0.39, 0.29) is 28.6 Å². The number of nitrogens with one attached hydrogen (secondary N) is 1. The number of ether oxygens (including phenoxy) is 1. The standard InChI is InChI=1S/C19H11BrFN5O3/c20-10-4-5-14(21)12(7-10)15-13(8-22)18(23)29-19-16(15)17(24-25-19)9-2-1-3-11(6-9)26(27)28/h1-7,15H,23H2,(H,24,25)/t15-/m1/s1. The topological polar surface area (TPSA) is 131 Å². The van der Waals surface area contributed by atoms with E-state index in [4.69, 9.17) is 10.5 Å². The number of nitrogens with two attached hydrogens (primary N) is 1. The van der Waals surface area contributed by atoms with Crippen molar-refractivity contribution in [1.82, 2.24) is 10.2 Å². The van der Waals surface area contributed by atoms with Crippen LogP contribution in [0.5, 0.6) is 5.88 Å². The van der Waals surface area contributed by atoms with Crippen molar-refractivity contribution in [2.45, 2.75) is 5.92 Å². The average Bonchev–Trinajstić information content (AvgIpc) is 3.12. The van der Waals surface area contributed by atoms with Gasteiger partial charge in [-0.15, -0.1) is 5.10 Å². The Balaban J connectivity index is 1.98. The van der Waals surface area contributed by atoms with Crippen LogP contribution in [0.1, 0.15) is 17.0 Å². The molecule has 2 aromatic carbocycles. The second-order valence-corrected chi connectivity index (χ2v) is 7.13. The Kier molecular flexibility index (Phi) is 4.52. The predicted octanol–water partition coefficient (Wildman–Crippen LogP) is 4.10. The predicted molar refractivity (Wildman–Crippen MR) is 104 cm³/mol. The first kappa shape index (κ1) is 18.6. The number of hydrogen-bond acceptors (Lipinski definition) is 6. The Morgan fingerprint density at radius 1 is 1.34 bits per heavy atom. The molecule has 0 bridgehead atoms. The maximum absolute atomic E-state index is 14.7. The molecule has 3 aromatic rings. The summed E-state index contributed by atoms with van der Waals surface area (Å²) in [5.74, 6) is -1.55. The monoisotopic (exact) mass is 455 g/mol. The number of hydrogen-bond donors (Lipinski definition) is 2. The van der Waals surface area contributed by atoms with Crippen molar-refractivity contribution in [2.24, 2.45) is 5.73 Å². The Morgan fingerprint density at radius 3 is 2.86 bits per heavy atom. The third kappa shape index (κ3) is 3.11. The van der Waals surface area contributed by atoms with E-state index in [1.165, 1.54) is 30.3 Å². The number of nitriles is 1. The number of aromatic amines is 1. The summed E-state index contributed by atoms with van der Waals surface area (Å²) in [6, 6.07) is 12.2. The number of nitrogens with zero attached hydrogens (tertiary/aromatic N) is 3. The Hall–Kier alpha value is -3.71. The second-order valence-electron chi connectivity index (χ2n) is 6.22. The summed E-state index contributed by atoms with van der Waals surface area (Å²) in [7, 11) is 0. The number of aromatic nitrogens is 2. The van der Waals surface area contributed by atoms with Crippen LogP contribution in [0.2, 0.25) is 0 Å². The molecule has 0 aliphatic carbocycles. The average molecular weight is 456 g/mol. The molecule has 0 fully saturated rings. The van der Waals surface area contributed by atoms with Crippen LogP contribution in [0.3, 0.4) is 0 Å². The molecule has 1 aliphatic rings. The highest BCUT2D eigenvalue weighted by molar-refractivity contribution is 9.10. The lowest BCUT2D eigenvalue weighted by atomic mass is 9.82. The van der Waals surface area contributed by atoms with Crippen molar-refractivity contribution in [3.8, 4) is 23.2 Å². The van der Waals surface area contributed by atoms with Gasteiger partial charge in [0.2, 0.25) is 11.8 Å². The van der Waals surface area contributed by atoms with Crippen LogP contribution in [0, 0.1) is 27.3 Å². The van der Waals surface area contributed by atoms with Gasteiger partial charge in [0, 0.05) is 27.7 Å². The number of rotatable bonds is 3. The number of H-pyrrole nitrogens is 1. The molecule has 1 atom stereocenters. The number of fused-ring (bicyclic) bond motifs is 1. The van der Waals surface area contributed by atoms with Crippen molar-refractivity contribution >= 4 is 21.6 Å². The lowest BCUT2D eigenvalue weighted by Crippen LogP contribution is -2.21. The largest absolute Gasteiger partial charge is 0.420 e. The fourth-order valence-corrected chi connectivity index (χ4v) is 3.67. The second kappa shape index (κ2) is 7.03. The van der Waals surface area contributed by atoms with Gasteiger partial charge in [-0.2, -0.15) is 5.26 Å². The van der Waals surface area contributed by atoms with Gasteiger partial charge in [0.15, 0.2) is 0 Å². The highest BCUT2D eigenvalue weighted by atomic mass is 79.9. The van der Waals surface area contributed by atoms with Crippen LogP contribution in [0.25, 0.3) is 11.3 Å². The van der Waals surface area contributed by atoms with E-state index < -0.39 is 16.7 Å². The van der Waals surface area contributed by atoms with E-state index in [9.17, 15) is 19.8 Å². The van der Waals surface area contributed by atoms with Gasteiger partial charge in [0.1, 0.15) is 17.5 Å². The zero-order valence-corrected chi connectivity index (χ0v) is 16.1. The van der Waals surface area contributed by atoms with E-state index in [0.717, 1.165) is 0 Å². The Bertz CT molecular complexity index is 1230. The third-order valence-corrected chi connectivity index (χ3v) is 5.05. The first-order chi connectivity index (χ1) is 13.9. The molecule has 144 valence electrons. The summed E-state index contributed by atoms with van der Waals surface area (Å²) in [6.45, 7) is 0. The van der Waals surface area contributed by atoms with Crippen molar-refractivity contribution in [2.75, 3.05) is 0 Å². The summed E-state index contributed by atoms with van der Waals surface area (Å²) in [5.41, 5.74) is 7.15. The molecule has 8 nitrogen and oxygen atoms in total. The SMILES string of the molecule is N#CC1=C(N)Oc2n[nH]c(-c3cccc([N+](=O)[O-])c3)c2[C@@H]1c1cc(Br)ccc1F. The number of nitro benzene ring substituents is 1. The van der Waals surface area contributed by atoms with Crippen LogP contribution in [0.15, 0.2) is 58.4 Å². The molecule has 0 saturated carbocycles. The fourth-order valence-electron chi connectivity index (χ4n) is 3.29. The molecule has 10 heteroatoms. The number of allylic oxidation sites excluding steroid dienone is 1. The minimum absolute atomic E-state index is 0.0163. The summed E-state index contributed by atoms with van der Waals surface area (Å²) >= 11 is 3.31. The maximum Gasteiger partial charge on any atom is 0.270 e. The van der Waals surface area contributed by atoms with Crippen LogP contribution < -0.4 is 10.5 Å². The molecule has 1 aromatic heterocycles. The molecule has 0 saturated heterocycles. The van der Waals surface area contributed by atoms with Crippen LogP contribution in [-0.2, 0) is 0 Å². The number of benzene rings is 2. The molecular weight excluding hydrogens is 445 g/mol. The van der Waals surface area contributed by atoms with E-state index in [1.54, 1.807) is 12.1 Å². The van der Waals surface area contributed by atoms with Crippen molar-refractivity contribution < 1.29 is 14.1 Å². The van der Waals surface area contributed by atoms with E-state index in [1.807, 2.05) is 6.07 Å². The molecule has 0 unspecified atom stereocenters. The van der Waals surface area contributed by atoms with Crippen LogP contribution in [-0.4, -0.2) is 15.1 Å². The minimum Gasteiger partial charge on any atom is -0.420 e. The van der Waals surface area contributed by atoms with Gasteiger partial charge < -0.3 is 10.5 Å². The Labute approximate surface area is 171 Å². The van der Waals surface area contributed by atoms with Gasteiger partial charge in [-0.1, -0.05) is 28.1 Å². The van der Waals surface area contributed by atoms with Gasteiger partial charge in [0.25, 0.3) is 5.69 Å². The van der Waals surface area contributed by atoms with E-state index in [0.29, 0.717) is 21.3 Å². The van der Waals surface area contributed by atoms with Gasteiger partial charge in [-0.05, 0) is 18.2 Å². The van der Waals surface area contributed by atoms with Gasteiger partial charge in [-0.25, -0.2) is 4.39 Å². The first-order valence-corrected chi connectivity index (χ1v) is 9.05. The van der Waals surface area contributed by atoms with Crippen molar-refractivity contribution in [3.63, 3.8) is 0 Å². The lowest BCUT2D eigenvalue weighted by molar-refractivity contribution is -0.384. The highest BCUT2D eigenvalue weighted by Gasteiger charge is 2.37. The van der Waals surface area contributed by atoms with Crippen LogP contribution >= 0.6 is 15.9 Å². The first-order valence-electron chi connectivity index (χ1n) is 8.26. The van der Waals surface area contributed by atoms with E-state index in [2.05, 4.69) is 26.1 Å². The molecule has 0 amide bonds. The Morgan fingerprint density at radius 2 is 2.14 bits per heavy atom. The van der Waals surface area contributed by atoms with Crippen molar-refractivity contribution in [3.05, 3.63) is 85.5 Å². The van der Waals surface area contributed by atoms with E-state index >= 15 is 0 Å². The molecule has 1 aliphatic heterocycles. The van der Waals surface area contributed by atoms with Gasteiger partial charge in [0.05, 0.1) is 22.1 Å². The summed E-state index contributed by atoms with van der Waals surface area (Å²) in [5, 5.41) is 27.7. The maximum atomic E-state index is 14.7. The molecule has 3 N–H and O–H groups in total. The zero-order chi connectivity index (χ0) is 20.7. The molecule has 0 spiro atoms. The number of non-ortho nitro benzene ring substituents is 1. The molecule has 29 heavy (non-hydrogen) atoms. The fraction of sp³-hybridized carbons (Fsp3) is 0.0526. The normalized spacial score (nSPS) is 15.4. The summed E-state index contributed by atoms with van der Waals surface area (Å²) < 4.78 is 20.8. The van der Waals surface area contributed by atoms with Crippen LogP contribution in [0.4, 0.5) is 10.1 Å². The highest BCUT2D eigenvalue weighted by Crippen LogP contribution is 2.46. The molecule has 2 heterocycles. The lowest BCUT2D eigenvalue weighted by Gasteiger charge is -2.24. The van der Waals surface area contributed by atoms with Gasteiger partial charge >= 0.3 is 0 Å². The summed E-state index contributed by atoms with van der Waals surface area (Å²) in [4.78, 5) is 10.6. The third-order valence-electron chi connectivity index (χ3n) is 4.55.